The van der Waals surface area contributed by atoms with E-state index in [1.807, 2.05) is 18.7 Å². The van der Waals surface area contributed by atoms with Crippen molar-refractivity contribution in [1.82, 2.24) is 10.2 Å². The second-order valence-corrected chi connectivity index (χ2v) is 9.33. The Balaban J connectivity index is 1.46. The predicted molar refractivity (Wildman–Crippen MR) is 94.8 cm³/mol. The summed E-state index contributed by atoms with van der Waals surface area (Å²) in [6, 6.07) is -0.404. The van der Waals surface area contributed by atoms with Crippen LogP contribution in [0, 0.1) is 29.1 Å². The van der Waals surface area contributed by atoms with Gasteiger partial charge in [-0.3, -0.25) is 9.59 Å². The van der Waals surface area contributed by atoms with Crippen LogP contribution in [0.2, 0.25) is 0 Å². The number of nitrogens with zero attached hydrogens (tertiary/aromatic N) is 1. The topological polar surface area (TPSA) is 58.6 Å². The molecule has 25 heavy (non-hydrogen) atoms. The van der Waals surface area contributed by atoms with E-state index in [1.54, 1.807) is 0 Å². The highest BCUT2D eigenvalue weighted by Gasteiger charge is 2.55. The van der Waals surface area contributed by atoms with Crippen LogP contribution in [0.1, 0.15) is 52.4 Å². The van der Waals surface area contributed by atoms with Crippen LogP contribution < -0.4 is 5.32 Å². The monoisotopic (exact) mass is 348 g/mol. The molecule has 1 aliphatic heterocycles. The number of ether oxygens (including phenoxy) is 1. The van der Waals surface area contributed by atoms with E-state index in [-0.39, 0.29) is 23.1 Å². The van der Waals surface area contributed by atoms with Gasteiger partial charge in [0, 0.05) is 18.5 Å². The van der Waals surface area contributed by atoms with E-state index < -0.39 is 6.04 Å². The van der Waals surface area contributed by atoms with Gasteiger partial charge in [-0.05, 0) is 62.2 Å². The Morgan fingerprint density at radius 1 is 1.00 bits per heavy atom. The minimum Gasteiger partial charge on any atom is -0.378 e. The van der Waals surface area contributed by atoms with Crippen LogP contribution in [0.5, 0.6) is 0 Å². The lowest BCUT2D eigenvalue weighted by atomic mass is 9.49. The zero-order valence-electron chi connectivity index (χ0n) is 15.6. The molecule has 5 heteroatoms. The largest absolute Gasteiger partial charge is 0.378 e. The van der Waals surface area contributed by atoms with Crippen molar-refractivity contribution in [2.75, 3.05) is 26.3 Å². The molecule has 140 valence electrons. The molecule has 4 bridgehead atoms. The molecule has 2 amide bonds. The lowest BCUT2D eigenvalue weighted by molar-refractivity contribution is -0.151. The van der Waals surface area contributed by atoms with E-state index in [9.17, 15) is 9.59 Å². The molecule has 1 saturated heterocycles. The Hall–Kier alpha value is -1.10. The van der Waals surface area contributed by atoms with E-state index in [2.05, 4.69) is 5.32 Å². The van der Waals surface area contributed by atoms with E-state index >= 15 is 0 Å². The number of hydrogen-bond donors (Lipinski definition) is 1. The quantitative estimate of drug-likeness (QED) is 0.847. The second kappa shape index (κ2) is 6.57. The number of amides is 2. The fraction of sp³-hybridized carbons (Fsp3) is 0.900. The summed E-state index contributed by atoms with van der Waals surface area (Å²) in [5.41, 5.74) is -0.187. The first-order valence-corrected chi connectivity index (χ1v) is 10.1. The molecule has 4 aliphatic carbocycles. The summed E-state index contributed by atoms with van der Waals surface area (Å²) < 4.78 is 5.35. The lowest BCUT2D eigenvalue weighted by Gasteiger charge is -2.56. The third-order valence-electron chi connectivity index (χ3n) is 7.06. The first-order valence-electron chi connectivity index (χ1n) is 10.1. The zero-order chi connectivity index (χ0) is 17.6. The second-order valence-electron chi connectivity index (χ2n) is 9.33. The van der Waals surface area contributed by atoms with E-state index in [0.717, 1.165) is 37.0 Å². The molecule has 1 heterocycles. The summed E-state index contributed by atoms with van der Waals surface area (Å²) in [6.07, 6.45) is 7.11. The lowest BCUT2D eigenvalue weighted by Crippen LogP contribution is -2.59. The van der Waals surface area contributed by atoms with Gasteiger partial charge in [0.25, 0.3) is 0 Å². The molecule has 1 N–H and O–H groups in total. The molecule has 0 aromatic carbocycles. The third-order valence-corrected chi connectivity index (χ3v) is 7.06. The van der Waals surface area contributed by atoms with Crippen molar-refractivity contribution in [3.05, 3.63) is 0 Å². The van der Waals surface area contributed by atoms with Gasteiger partial charge in [0.1, 0.15) is 6.04 Å². The number of rotatable bonds is 4. The maximum Gasteiger partial charge on any atom is 0.245 e. The highest BCUT2D eigenvalue weighted by molar-refractivity contribution is 5.90. The predicted octanol–water partition coefficient (Wildman–Crippen LogP) is 2.20. The van der Waals surface area contributed by atoms with E-state index in [1.165, 1.54) is 19.3 Å². The average molecular weight is 348 g/mol. The van der Waals surface area contributed by atoms with Gasteiger partial charge < -0.3 is 15.0 Å². The normalized spacial score (nSPS) is 38.0. The maximum atomic E-state index is 13.3. The van der Waals surface area contributed by atoms with Crippen molar-refractivity contribution in [2.24, 2.45) is 29.1 Å². The minimum atomic E-state index is -0.404. The number of carbonyl (C=O) groups excluding carboxylic acids is 2. The molecule has 4 saturated carbocycles. The van der Waals surface area contributed by atoms with Crippen molar-refractivity contribution >= 4 is 11.8 Å². The van der Waals surface area contributed by atoms with Crippen LogP contribution in [0.25, 0.3) is 0 Å². The summed E-state index contributed by atoms with van der Waals surface area (Å²) in [5, 5.41) is 3.20. The summed E-state index contributed by atoms with van der Waals surface area (Å²) in [4.78, 5) is 28.1. The maximum absolute atomic E-state index is 13.3. The fourth-order valence-corrected chi connectivity index (χ4v) is 6.18. The molecule has 5 aliphatic rings. The standard InChI is InChI=1S/C20H32N2O3/c1-13(2)17(18(23)22-3-5-25-6-4-22)21-19(24)20-10-14-7-15(11-20)9-16(8-14)12-20/h13-17H,3-12H2,1-2H3,(H,21,24)/t14?,15?,16?,17-,20?/m1/s1. The van der Waals surface area contributed by atoms with Crippen LogP contribution in [0.3, 0.4) is 0 Å². The molecule has 5 rings (SSSR count). The molecule has 0 spiro atoms. The van der Waals surface area contributed by atoms with Crippen LogP contribution in [0.4, 0.5) is 0 Å². The van der Waals surface area contributed by atoms with Gasteiger partial charge in [0.15, 0.2) is 0 Å². The smallest absolute Gasteiger partial charge is 0.245 e. The minimum absolute atomic E-state index is 0.0661. The first kappa shape index (κ1) is 17.3. The summed E-state index contributed by atoms with van der Waals surface area (Å²) in [6.45, 7) is 6.52. The van der Waals surface area contributed by atoms with E-state index in [4.69, 9.17) is 4.74 Å². The number of nitrogens with one attached hydrogen (secondary N) is 1. The molecule has 5 nitrogen and oxygen atoms in total. The third kappa shape index (κ3) is 3.20. The Labute approximate surface area is 150 Å². The van der Waals surface area contributed by atoms with Gasteiger partial charge in [-0.25, -0.2) is 0 Å². The van der Waals surface area contributed by atoms with Crippen molar-refractivity contribution in [3.63, 3.8) is 0 Å². The van der Waals surface area contributed by atoms with Crippen LogP contribution in [-0.2, 0) is 14.3 Å². The van der Waals surface area contributed by atoms with Crippen molar-refractivity contribution in [1.29, 1.82) is 0 Å². The average Bonchev–Trinajstić information content (AvgIpc) is 2.58. The highest BCUT2D eigenvalue weighted by Crippen LogP contribution is 2.60. The molecule has 0 aromatic rings. The van der Waals surface area contributed by atoms with Gasteiger partial charge in [-0.15, -0.1) is 0 Å². The zero-order valence-corrected chi connectivity index (χ0v) is 15.6. The van der Waals surface area contributed by atoms with Crippen molar-refractivity contribution in [2.45, 2.75) is 58.4 Å². The van der Waals surface area contributed by atoms with Gasteiger partial charge in [-0.1, -0.05) is 13.8 Å². The van der Waals surface area contributed by atoms with Crippen LogP contribution in [0.15, 0.2) is 0 Å². The fourth-order valence-electron chi connectivity index (χ4n) is 6.18. The Morgan fingerprint density at radius 2 is 1.52 bits per heavy atom. The van der Waals surface area contributed by atoms with Gasteiger partial charge in [-0.2, -0.15) is 0 Å². The molecule has 0 aromatic heterocycles. The number of morpholine rings is 1. The van der Waals surface area contributed by atoms with Crippen LogP contribution in [-0.4, -0.2) is 49.1 Å². The molecule has 0 radical (unpaired) electrons. The van der Waals surface area contributed by atoms with Gasteiger partial charge in [0.2, 0.25) is 11.8 Å². The number of carbonyl (C=O) groups is 2. The highest BCUT2D eigenvalue weighted by atomic mass is 16.5. The first-order chi connectivity index (χ1) is 12.0. The Kier molecular flexibility index (Phi) is 4.55. The Morgan fingerprint density at radius 3 is 2.00 bits per heavy atom. The van der Waals surface area contributed by atoms with Gasteiger partial charge >= 0.3 is 0 Å². The molecule has 5 fully saturated rings. The molecular weight excluding hydrogens is 316 g/mol. The molecule has 1 atom stereocenters. The van der Waals surface area contributed by atoms with Crippen molar-refractivity contribution in [3.8, 4) is 0 Å². The van der Waals surface area contributed by atoms with Gasteiger partial charge in [0.05, 0.1) is 13.2 Å². The number of hydrogen-bond acceptors (Lipinski definition) is 3. The SMILES string of the molecule is CC(C)[C@@H](NC(=O)C12CC3CC(CC(C3)C1)C2)C(=O)N1CCOCC1. The molecule has 0 unspecified atom stereocenters. The summed E-state index contributed by atoms with van der Waals surface area (Å²) >= 11 is 0. The van der Waals surface area contributed by atoms with Crippen LogP contribution >= 0.6 is 0 Å². The van der Waals surface area contributed by atoms with Crippen molar-refractivity contribution < 1.29 is 14.3 Å². The summed E-state index contributed by atoms with van der Waals surface area (Å²) in [5.74, 6) is 2.55. The molecular formula is C20H32N2O3. The van der Waals surface area contributed by atoms with E-state index in [0.29, 0.717) is 26.3 Å². The Bertz CT molecular complexity index is 504. The summed E-state index contributed by atoms with van der Waals surface area (Å²) in [7, 11) is 0.